The van der Waals surface area contributed by atoms with Crippen LogP contribution in [-0.2, 0) is 20.9 Å². The summed E-state index contributed by atoms with van der Waals surface area (Å²) < 4.78 is 5.24. The van der Waals surface area contributed by atoms with E-state index in [0.29, 0.717) is 26.0 Å². The summed E-state index contributed by atoms with van der Waals surface area (Å²) in [6.45, 7) is 2.94. The molecule has 3 rings (SSSR count). The van der Waals surface area contributed by atoms with Gasteiger partial charge in [-0.25, -0.2) is 0 Å². The molecule has 4 nitrogen and oxygen atoms in total. The third-order valence-electron chi connectivity index (χ3n) is 4.55. The Bertz CT molecular complexity index is 502. The van der Waals surface area contributed by atoms with E-state index >= 15 is 0 Å². The Morgan fingerprint density at radius 3 is 2.90 bits per heavy atom. The third-order valence-corrected chi connectivity index (χ3v) is 4.55. The lowest BCUT2D eigenvalue weighted by atomic mass is 9.77. The number of likely N-dealkylation sites (tertiary alicyclic amines) is 1. The number of cyclic esters (lactones) is 1. The molecule has 0 spiro atoms. The molecule has 20 heavy (non-hydrogen) atoms. The van der Waals surface area contributed by atoms with Gasteiger partial charge in [-0.3, -0.25) is 9.69 Å². The third kappa shape index (κ3) is 2.24. The van der Waals surface area contributed by atoms with Crippen molar-refractivity contribution < 1.29 is 14.3 Å². The van der Waals surface area contributed by atoms with Crippen molar-refractivity contribution in [3.05, 3.63) is 35.9 Å². The normalized spacial score (nSPS) is 29.2. The lowest BCUT2D eigenvalue weighted by Crippen LogP contribution is -2.34. The maximum atomic E-state index is 12.1. The Balaban J connectivity index is 1.73. The quantitative estimate of drug-likeness (QED) is 0.604. The van der Waals surface area contributed by atoms with E-state index < -0.39 is 5.41 Å². The predicted molar refractivity (Wildman–Crippen MR) is 73.9 cm³/mol. The van der Waals surface area contributed by atoms with Gasteiger partial charge in [0.05, 0.1) is 12.0 Å². The molecule has 4 heteroatoms. The predicted octanol–water partition coefficient (Wildman–Crippen LogP) is 1.64. The molecule has 0 amide bonds. The molecule has 2 saturated heterocycles. The fourth-order valence-electron chi connectivity index (χ4n) is 3.51. The molecule has 1 aromatic rings. The zero-order valence-corrected chi connectivity index (χ0v) is 11.5. The summed E-state index contributed by atoms with van der Waals surface area (Å²) in [6.07, 6.45) is 1.95. The summed E-state index contributed by atoms with van der Waals surface area (Å²) in [5, 5.41) is 0. The van der Waals surface area contributed by atoms with Crippen LogP contribution in [0, 0.1) is 11.3 Å². The van der Waals surface area contributed by atoms with Gasteiger partial charge in [0.1, 0.15) is 6.29 Å². The van der Waals surface area contributed by atoms with Gasteiger partial charge in [0, 0.05) is 32.0 Å². The number of carbonyl (C=O) groups excluding carboxylic acids is 2. The van der Waals surface area contributed by atoms with Crippen molar-refractivity contribution >= 4 is 12.3 Å². The molecule has 0 bridgehead atoms. The lowest BCUT2D eigenvalue weighted by molar-refractivity contribution is -0.147. The Morgan fingerprint density at radius 1 is 1.35 bits per heavy atom. The highest BCUT2D eigenvalue weighted by atomic mass is 16.5. The summed E-state index contributed by atoms with van der Waals surface area (Å²) in [6, 6.07) is 10.3. The first-order valence-electron chi connectivity index (χ1n) is 7.12. The van der Waals surface area contributed by atoms with Crippen LogP contribution in [0.4, 0.5) is 0 Å². The molecule has 2 fully saturated rings. The monoisotopic (exact) mass is 273 g/mol. The van der Waals surface area contributed by atoms with Crippen LogP contribution in [0.15, 0.2) is 30.3 Å². The van der Waals surface area contributed by atoms with Crippen LogP contribution in [0.1, 0.15) is 18.4 Å². The number of hydrogen-bond donors (Lipinski definition) is 0. The summed E-state index contributed by atoms with van der Waals surface area (Å²) in [5.74, 6) is 0.124. The number of benzene rings is 1. The first-order chi connectivity index (χ1) is 9.74. The molecule has 1 aromatic carbocycles. The Labute approximate surface area is 118 Å². The average Bonchev–Trinajstić information content (AvgIpc) is 2.95. The van der Waals surface area contributed by atoms with Crippen molar-refractivity contribution in [1.82, 2.24) is 4.90 Å². The van der Waals surface area contributed by atoms with Crippen LogP contribution in [0.2, 0.25) is 0 Å². The number of rotatable bonds is 5. The molecule has 2 unspecified atom stereocenters. The van der Waals surface area contributed by atoms with Gasteiger partial charge in [0.2, 0.25) is 0 Å². The standard InChI is InChI=1S/C16H19NO3/c18-8-4-7-16-12-17(9-13-5-2-1-3-6-13)10-14(16)11-20-15(16)19/h1-3,5-6,8,14H,4,7,9-12H2. The van der Waals surface area contributed by atoms with Crippen LogP contribution in [0.5, 0.6) is 0 Å². The minimum Gasteiger partial charge on any atom is -0.465 e. The maximum absolute atomic E-state index is 12.1. The molecule has 0 aromatic heterocycles. The molecule has 2 aliphatic heterocycles. The maximum Gasteiger partial charge on any atom is 0.313 e. The Hall–Kier alpha value is -1.68. The lowest BCUT2D eigenvalue weighted by Gasteiger charge is -2.23. The largest absolute Gasteiger partial charge is 0.465 e. The van der Waals surface area contributed by atoms with Gasteiger partial charge < -0.3 is 9.53 Å². The summed E-state index contributed by atoms with van der Waals surface area (Å²) in [4.78, 5) is 25.1. The van der Waals surface area contributed by atoms with Crippen molar-refractivity contribution in [2.24, 2.45) is 11.3 Å². The fraction of sp³-hybridized carbons (Fsp3) is 0.500. The molecule has 0 aliphatic carbocycles. The van der Waals surface area contributed by atoms with E-state index in [1.54, 1.807) is 0 Å². The molecule has 2 aliphatic rings. The summed E-state index contributed by atoms with van der Waals surface area (Å²) in [7, 11) is 0. The Kier molecular flexibility index (Phi) is 3.57. The van der Waals surface area contributed by atoms with Gasteiger partial charge in [0.15, 0.2) is 0 Å². The zero-order chi connectivity index (χ0) is 14.0. The van der Waals surface area contributed by atoms with Gasteiger partial charge >= 0.3 is 5.97 Å². The highest BCUT2D eigenvalue weighted by Gasteiger charge is 2.56. The van der Waals surface area contributed by atoms with E-state index in [1.165, 1.54) is 5.56 Å². The zero-order valence-electron chi connectivity index (χ0n) is 11.5. The molecule has 106 valence electrons. The van der Waals surface area contributed by atoms with Crippen LogP contribution in [0.25, 0.3) is 0 Å². The minimum absolute atomic E-state index is 0.111. The van der Waals surface area contributed by atoms with Crippen molar-refractivity contribution in [2.75, 3.05) is 19.7 Å². The number of ether oxygens (including phenoxy) is 1. The van der Waals surface area contributed by atoms with E-state index in [2.05, 4.69) is 17.0 Å². The second-order valence-electron chi connectivity index (χ2n) is 5.81. The molecule has 0 radical (unpaired) electrons. The minimum atomic E-state index is -0.449. The van der Waals surface area contributed by atoms with Gasteiger partial charge in [-0.05, 0) is 12.0 Å². The molecule has 2 atom stereocenters. The topological polar surface area (TPSA) is 46.6 Å². The SMILES string of the molecule is O=CCCC12CN(Cc3ccccc3)CC1COC2=O. The van der Waals surface area contributed by atoms with Crippen molar-refractivity contribution in [1.29, 1.82) is 0 Å². The molecule has 0 N–H and O–H groups in total. The van der Waals surface area contributed by atoms with Crippen LogP contribution >= 0.6 is 0 Å². The van der Waals surface area contributed by atoms with Gasteiger partial charge in [-0.1, -0.05) is 30.3 Å². The highest BCUT2D eigenvalue weighted by Crippen LogP contribution is 2.45. The highest BCUT2D eigenvalue weighted by molar-refractivity contribution is 5.80. The summed E-state index contributed by atoms with van der Waals surface area (Å²) >= 11 is 0. The van der Waals surface area contributed by atoms with E-state index in [4.69, 9.17) is 4.74 Å². The second kappa shape index (κ2) is 5.37. The van der Waals surface area contributed by atoms with E-state index in [9.17, 15) is 9.59 Å². The number of fused-ring (bicyclic) bond motifs is 1. The van der Waals surface area contributed by atoms with E-state index in [0.717, 1.165) is 19.4 Å². The average molecular weight is 273 g/mol. The van der Waals surface area contributed by atoms with Crippen LogP contribution in [-0.4, -0.2) is 36.9 Å². The Morgan fingerprint density at radius 2 is 2.15 bits per heavy atom. The first-order valence-corrected chi connectivity index (χ1v) is 7.12. The molecular formula is C16H19NO3. The van der Waals surface area contributed by atoms with E-state index in [-0.39, 0.29) is 11.9 Å². The number of carbonyl (C=O) groups is 2. The van der Waals surface area contributed by atoms with Crippen LogP contribution in [0.3, 0.4) is 0 Å². The van der Waals surface area contributed by atoms with Gasteiger partial charge in [-0.15, -0.1) is 0 Å². The summed E-state index contributed by atoms with van der Waals surface area (Å²) in [5.41, 5.74) is 0.807. The van der Waals surface area contributed by atoms with Crippen LogP contribution < -0.4 is 0 Å². The van der Waals surface area contributed by atoms with Crippen molar-refractivity contribution in [3.63, 3.8) is 0 Å². The van der Waals surface area contributed by atoms with Gasteiger partial charge in [0.25, 0.3) is 0 Å². The van der Waals surface area contributed by atoms with E-state index in [1.807, 2.05) is 18.2 Å². The number of hydrogen-bond acceptors (Lipinski definition) is 4. The smallest absolute Gasteiger partial charge is 0.313 e. The van der Waals surface area contributed by atoms with Crippen molar-refractivity contribution in [3.8, 4) is 0 Å². The first kappa shape index (κ1) is 13.3. The number of esters is 1. The molecule has 0 saturated carbocycles. The number of aldehydes is 1. The molecular weight excluding hydrogens is 254 g/mol. The fourth-order valence-corrected chi connectivity index (χ4v) is 3.51. The second-order valence-corrected chi connectivity index (χ2v) is 5.81. The number of nitrogens with zero attached hydrogens (tertiary/aromatic N) is 1. The van der Waals surface area contributed by atoms with Gasteiger partial charge in [-0.2, -0.15) is 0 Å². The molecule has 2 heterocycles. The van der Waals surface area contributed by atoms with Crippen molar-refractivity contribution in [2.45, 2.75) is 19.4 Å².